The molecule has 0 saturated heterocycles. The fourth-order valence-corrected chi connectivity index (χ4v) is 4.49. The smallest absolute Gasteiger partial charge is 0.234 e. The van der Waals surface area contributed by atoms with Crippen molar-refractivity contribution in [2.24, 2.45) is 11.7 Å². The number of carbonyl (C=O) groups excluding carboxylic acids is 1. The third kappa shape index (κ3) is 3.74. The Kier molecular flexibility index (Phi) is 5.97. The van der Waals surface area contributed by atoms with Gasteiger partial charge in [-0.25, -0.2) is 0 Å². The van der Waals surface area contributed by atoms with Gasteiger partial charge in [0, 0.05) is 10.9 Å². The van der Waals surface area contributed by atoms with Crippen molar-refractivity contribution in [3.05, 3.63) is 29.8 Å². The molecule has 116 valence electrons. The van der Waals surface area contributed by atoms with Crippen molar-refractivity contribution in [1.29, 1.82) is 0 Å². The zero-order chi connectivity index (χ0) is 13.9. The second kappa shape index (κ2) is 7.52. The van der Waals surface area contributed by atoms with Crippen LogP contribution < -0.4 is 11.1 Å². The highest BCUT2D eigenvalue weighted by Gasteiger charge is 2.31. The first-order valence-electron chi connectivity index (χ1n) is 7.53. The summed E-state index contributed by atoms with van der Waals surface area (Å²) < 4.78 is 0. The molecule has 1 fully saturated rings. The minimum Gasteiger partial charge on any atom is -0.352 e. The molecule has 21 heavy (non-hydrogen) atoms. The molecule has 0 bridgehead atoms. The van der Waals surface area contributed by atoms with Crippen molar-refractivity contribution in [1.82, 2.24) is 5.32 Å². The summed E-state index contributed by atoms with van der Waals surface area (Å²) in [4.78, 5) is 13.7. The van der Waals surface area contributed by atoms with Crippen LogP contribution in [0.4, 0.5) is 0 Å². The maximum Gasteiger partial charge on any atom is 0.234 e. The van der Waals surface area contributed by atoms with Crippen molar-refractivity contribution in [2.75, 3.05) is 6.54 Å². The van der Waals surface area contributed by atoms with E-state index in [4.69, 9.17) is 5.73 Å². The Morgan fingerprint density at radius 3 is 2.81 bits per heavy atom. The SMILES string of the molecule is Cl.NCC1CCCCC1NC(=O)C1Cc2ccccc2S1. The van der Waals surface area contributed by atoms with Crippen LogP contribution in [0.1, 0.15) is 31.2 Å². The lowest BCUT2D eigenvalue weighted by Gasteiger charge is -2.32. The number of hydrogen-bond donors (Lipinski definition) is 2. The van der Waals surface area contributed by atoms with Gasteiger partial charge in [-0.15, -0.1) is 24.2 Å². The zero-order valence-electron chi connectivity index (χ0n) is 12.1. The van der Waals surface area contributed by atoms with Gasteiger partial charge in [0.1, 0.15) is 0 Å². The molecular weight excluding hydrogens is 304 g/mol. The number of fused-ring (bicyclic) bond motifs is 1. The molecule has 1 aromatic carbocycles. The molecule has 5 heteroatoms. The second-order valence-electron chi connectivity index (χ2n) is 5.81. The Hall–Kier alpha value is -0.710. The van der Waals surface area contributed by atoms with Crippen LogP contribution in [-0.4, -0.2) is 23.7 Å². The number of nitrogens with two attached hydrogens (primary N) is 1. The first kappa shape index (κ1) is 16.7. The Morgan fingerprint density at radius 1 is 1.29 bits per heavy atom. The van der Waals surface area contributed by atoms with Crippen LogP contribution in [0, 0.1) is 5.92 Å². The van der Waals surface area contributed by atoms with E-state index in [9.17, 15) is 4.79 Å². The summed E-state index contributed by atoms with van der Waals surface area (Å²) in [5, 5.41) is 3.29. The van der Waals surface area contributed by atoms with Gasteiger partial charge in [-0.2, -0.15) is 0 Å². The molecule has 1 aliphatic carbocycles. The molecular formula is C16H23ClN2OS. The van der Waals surface area contributed by atoms with Gasteiger partial charge in [0.05, 0.1) is 5.25 Å². The Balaban J connectivity index is 0.00000161. The van der Waals surface area contributed by atoms with Crippen molar-refractivity contribution in [3.63, 3.8) is 0 Å². The summed E-state index contributed by atoms with van der Waals surface area (Å²) in [6.07, 6.45) is 5.54. The quantitative estimate of drug-likeness (QED) is 0.898. The molecule has 3 unspecified atom stereocenters. The molecule has 1 heterocycles. The number of rotatable bonds is 3. The Labute approximate surface area is 136 Å². The molecule has 3 atom stereocenters. The number of hydrogen-bond acceptors (Lipinski definition) is 3. The average Bonchev–Trinajstić information content (AvgIpc) is 2.92. The third-order valence-electron chi connectivity index (χ3n) is 4.48. The predicted molar refractivity (Wildman–Crippen MR) is 90.0 cm³/mol. The van der Waals surface area contributed by atoms with Crippen LogP contribution >= 0.6 is 24.2 Å². The van der Waals surface area contributed by atoms with Gasteiger partial charge in [0.2, 0.25) is 5.91 Å². The number of benzene rings is 1. The van der Waals surface area contributed by atoms with E-state index in [-0.39, 0.29) is 29.6 Å². The summed E-state index contributed by atoms with van der Waals surface area (Å²) in [7, 11) is 0. The largest absolute Gasteiger partial charge is 0.352 e. The third-order valence-corrected chi connectivity index (χ3v) is 5.80. The van der Waals surface area contributed by atoms with Gasteiger partial charge in [-0.3, -0.25) is 4.79 Å². The van der Waals surface area contributed by atoms with E-state index in [0.717, 1.165) is 19.3 Å². The normalized spacial score (nSPS) is 27.6. The zero-order valence-corrected chi connectivity index (χ0v) is 13.7. The maximum atomic E-state index is 12.5. The lowest BCUT2D eigenvalue weighted by Crippen LogP contribution is -2.47. The van der Waals surface area contributed by atoms with Gasteiger partial charge in [0.15, 0.2) is 0 Å². The van der Waals surface area contributed by atoms with E-state index in [2.05, 4.69) is 17.4 Å². The molecule has 3 rings (SSSR count). The minimum absolute atomic E-state index is 0. The molecule has 3 nitrogen and oxygen atoms in total. The summed E-state index contributed by atoms with van der Waals surface area (Å²) >= 11 is 1.70. The van der Waals surface area contributed by atoms with E-state index in [1.165, 1.54) is 23.3 Å². The average molecular weight is 327 g/mol. The standard InChI is InChI=1S/C16H22N2OS.ClH/c17-10-12-6-1-3-7-13(12)18-16(19)15-9-11-5-2-4-8-14(11)20-15;/h2,4-5,8,12-13,15H,1,3,6-7,9-10,17H2,(H,18,19);1H. The molecule has 1 aliphatic heterocycles. The van der Waals surface area contributed by atoms with Crippen LogP contribution in [0.5, 0.6) is 0 Å². The van der Waals surface area contributed by atoms with Crippen LogP contribution in [0.2, 0.25) is 0 Å². The highest BCUT2D eigenvalue weighted by molar-refractivity contribution is 8.01. The summed E-state index contributed by atoms with van der Waals surface area (Å²) in [5.74, 6) is 0.651. The molecule has 0 radical (unpaired) electrons. The number of halogens is 1. The van der Waals surface area contributed by atoms with E-state index < -0.39 is 0 Å². The lowest BCUT2D eigenvalue weighted by molar-refractivity contribution is -0.121. The molecule has 2 aliphatic rings. The van der Waals surface area contributed by atoms with E-state index in [0.29, 0.717) is 12.5 Å². The van der Waals surface area contributed by atoms with Crippen LogP contribution in [0.15, 0.2) is 29.2 Å². The molecule has 1 aromatic rings. The van der Waals surface area contributed by atoms with Gasteiger partial charge >= 0.3 is 0 Å². The fraction of sp³-hybridized carbons (Fsp3) is 0.562. The number of thioether (sulfide) groups is 1. The number of nitrogens with one attached hydrogen (secondary N) is 1. The van der Waals surface area contributed by atoms with Crippen LogP contribution in [0.3, 0.4) is 0 Å². The van der Waals surface area contributed by atoms with Crippen LogP contribution in [-0.2, 0) is 11.2 Å². The van der Waals surface area contributed by atoms with Crippen molar-refractivity contribution >= 4 is 30.1 Å². The van der Waals surface area contributed by atoms with Crippen LogP contribution in [0.25, 0.3) is 0 Å². The molecule has 1 saturated carbocycles. The van der Waals surface area contributed by atoms with Gasteiger partial charge in [-0.05, 0) is 43.4 Å². The lowest BCUT2D eigenvalue weighted by atomic mass is 9.84. The molecule has 3 N–H and O–H groups in total. The highest BCUT2D eigenvalue weighted by Crippen LogP contribution is 2.37. The topological polar surface area (TPSA) is 55.1 Å². The maximum absolute atomic E-state index is 12.5. The van der Waals surface area contributed by atoms with Crippen molar-refractivity contribution in [2.45, 2.75) is 48.3 Å². The van der Waals surface area contributed by atoms with Crippen molar-refractivity contribution < 1.29 is 4.79 Å². The first-order valence-corrected chi connectivity index (χ1v) is 8.41. The molecule has 0 spiro atoms. The Bertz CT molecular complexity index is 472. The minimum atomic E-state index is 0. The van der Waals surface area contributed by atoms with Gasteiger partial charge in [-0.1, -0.05) is 31.0 Å². The fourth-order valence-electron chi connectivity index (χ4n) is 3.28. The summed E-state index contributed by atoms with van der Waals surface area (Å²) in [5.41, 5.74) is 7.14. The van der Waals surface area contributed by atoms with Crippen molar-refractivity contribution in [3.8, 4) is 0 Å². The highest BCUT2D eigenvalue weighted by atomic mass is 35.5. The molecule has 0 aromatic heterocycles. The van der Waals surface area contributed by atoms with Gasteiger partial charge < -0.3 is 11.1 Å². The van der Waals surface area contributed by atoms with Gasteiger partial charge in [0.25, 0.3) is 0 Å². The summed E-state index contributed by atoms with van der Waals surface area (Å²) in [6, 6.07) is 8.60. The van der Waals surface area contributed by atoms with E-state index in [1.54, 1.807) is 11.8 Å². The predicted octanol–water partition coefficient (Wildman–Crippen LogP) is 2.76. The first-order chi connectivity index (χ1) is 9.78. The molecule has 1 amide bonds. The van der Waals surface area contributed by atoms with E-state index in [1.807, 2.05) is 12.1 Å². The number of amides is 1. The second-order valence-corrected chi connectivity index (χ2v) is 7.06. The number of carbonyl (C=O) groups is 1. The van der Waals surface area contributed by atoms with E-state index >= 15 is 0 Å². The Morgan fingerprint density at radius 2 is 2.05 bits per heavy atom. The summed E-state index contributed by atoms with van der Waals surface area (Å²) in [6.45, 7) is 0.684. The monoisotopic (exact) mass is 326 g/mol.